The number of hydrogen-bond acceptors (Lipinski definition) is 4. The van der Waals surface area contributed by atoms with E-state index in [0.717, 1.165) is 6.08 Å². The van der Waals surface area contributed by atoms with Crippen LogP contribution in [0.3, 0.4) is 0 Å². The molecule has 0 bridgehead atoms. The largest absolute Gasteiger partial charge is 0.462 e. The third-order valence-electron chi connectivity index (χ3n) is 1.29. The summed E-state index contributed by atoms with van der Waals surface area (Å²) in [6.07, 6.45) is 1.32. The van der Waals surface area contributed by atoms with Gasteiger partial charge in [0.1, 0.15) is 0 Å². The molecule has 12 heavy (non-hydrogen) atoms. The summed E-state index contributed by atoms with van der Waals surface area (Å²) in [6, 6.07) is 0. The minimum Gasteiger partial charge on any atom is -0.462 e. The molecule has 0 saturated heterocycles. The van der Waals surface area contributed by atoms with Crippen LogP contribution in [0, 0.1) is 0 Å². The molecule has 0 aromatic heterocycles. The summed E-state index contributed by atoms with van der Waals surface area (Å²) in [6.45, 7) is 3.54. The Morgan fingerprint density at radius 1 is 1.50 bits per heavy atom. The lowest BCUT2D eigenvalue weighted by molar-refractivity contribution is -0.144. The Morgan fingerprint density at radius 3 is 2.50 bits per heavy atom. The Kier molecular flexibility index (Phi) is 6.32. The average molecular weight is 174 g/mol. The first-order valence-corrected chi connectivity index (χ1v) is 3.59. The number of carbonyl (C=O) groups is 1. The molecule has 0 aromatic rings. The quantitative estimate of drug-likeness (QED) is 0.338. The molecule has 0 amide bonds. The first-order chi connectivity index (χ1) is 5.74. The SMILES string of the molecule is C=CC(=O)OCCC(OC)OC. The second-order valence-corrected chi connectivity index (χ2v) is 2.06. The van der Waals surface area contributed by atoms with Crippen molar-refractivity contribution in [2.24, 2.45) is 0 Å². The van der Waals surface area contributed by atoms with Gasteiger partial charge >= 0.3 is 5.97 Å². The molecule has 0 N–H and O–H groups in total. The van der Waals surface area contributed by atoms with Crippen LogP contribution in [0.1, 0.15) is 6.42 Å². The van der Waals surface area contributed by atoms with E-state index in [0.29, 0.717) is 6.42 Å². The summed E-state index contributed by atoms with van der Waals surface area (Å²) in [4.78, 5) is 10.5. The van der Waals surface area contributed by atoms with Crippen LogP contribution in [0.25, 0.3) is 0 Å². The molecular weight excluding hydrogens is 160 g/mol. The van der Waals surface area contributed by atoms with Gasteiger partial charge in [-0.15, -0.1) is 0 Å². The fourth-order valence-corrected chi connectivity index (χ4v) is 0.647. The van der Waals surface area contributed by atoms with E-state index in [1.54, 1.807) is 0 Å². The van der Waals surface area contributed by atoms with Gasteiger partial charge in [0, 0.05) is 26.7 Å². The van der Waals surface area contributed by atoms with Gasteiger partial charge in [-0.2, -0.15) is 0 Å². The third-order valence-corrected chi connectivity index (χ3v) is 1.29. The van der Waals surface area contributed by atoms with Crippen LogP contribution in [0.5, 0.6) is 0 Å². The molecule has 0 aliphatic rings. The molecule has 0 aromatic carbocycles. The number of methoxy groups -OCH3 is 2. The van der Waals surface area contributed by atoms with Crippen LogP contribution in [0.4, 0.5) is 0 Å². The summed E-state index contributed by atoms with van der Waals surface area (Å²) in [5.41, 5.74) is 0. The van der Waals surface area contributed by atoms with Crippen molar-refractivity contribution >= 4 is 5.97 Å². The topological polar surface area (TPSA) is 44.8 Å². The zero-order valence-electron chi connectivity index (χ0n) is 7.41. The van der Waals surface area contributed by atoms with Gasteiger partial charge in [0.2, 0.25) is 0 Å². The molecule has 70 valence electrons. The Bertz CT molecular complexity index is 140. The lowest BCUT2D eigenvalue weighted by atomic mass is 10.4. The van der Waals surface area contributed by atoms with E-state index >= 15 is 0 Å². The fourth-order valence-electron chi connectivity index (χ4n) is 0.647. The molecule has 4 nitrogen and oxygen atoms in total. The van der Waals surface area contributed by atoms with Crippen LogP contribution in [0.15, 0.2) is 12.7 Å². The smallest absolute Gasteiger partial charge is 0.330 e. The highest BCUT2D eigenvalue weighted by atomic mass is 16.7. The molecule has 0 spiro atoms. The van der Waals surface area contributed by atoms with E-state index < -0.39 is 5.97 Å². The van der Waals surface area contributed by atoms with Gasteiger partial charge < -0.3 is 14.2 Å². The highest BCUT2D eigenvalue weighted by Crippen LogP contribution is 1.97. The van der Waals surface area contributed by atoms with E-state index in [2.05, 4.69) is 6.58 Å². The minimum atomic E-state index is -0.430. The monoisotopic (exact) mass is 174 g/mol. The molecule has 0 heterocycles. The Labute approximate surface area is 72.1 Å². The first-order valence-electron chi connectivity index (χ1n) is 3.59. The maximum atomic E-state index is 10.5. The molecule has 0 aliphatic carbocycles. The highest BCUT2D eigenvalue weighted by Gasteiger charge is 2.05. The van der Waals surface area contributed by atoms with Crippen molar-refractivity contribution < 1.29 is 19.0 Å². The van der Waals surface area contributed by atoms with Crippen molar-refractivity contribution in [3.63, 3.8) is 0 Å². The third kappa shape index (κ3) is 4.87. The van der Waals surface area contributed by atoms with Crippen LogP contribution < -0.4 is 0 Å². The van der Waals surface area contributed by atoms with Crippen molar-refractivity contribution in [2.45, 2.75) is 12.7 Å². The summed E-state index contributed by atoms with van der Waals surface area (Å²) < 4.78 is 14.5. The highest BCUT2D eigenvalue weighted by molar-refractivity contribution is 5.81. The van der Waals surface area contributed by atoms with Crippen molar-refractivity contribution in [3.8, 4) is 0 Å². The Morgan fingerprint density at radius 2 is 2.08 bits per heavy atom. The molecule has 0 radical (unpaired) electrons. The van der Waals surface area contributed by atoms with Crippen LogP contribution in [-0.4, -0.2) is 33.1 Å². The van der Waals surface area contributed by atoms with E-state index in [4.69, 9.17) is 14.2 Å². The zero-order chi connectivity index (χ0) is 9.40. The number of hydrogen-bond donors (Lipinski definition) is 0. The summed E-state index contributed by atoms with van der Waals surface area (Å²) in [5, 5.41) is 0. The standard InChI is InChI=1S/C8H14O4/c1-4-7(9)12-6-5-8(10-2)11-3/h4,8H,1,5-6H2,2-3H3. The normalized spacial score (nSPS) is 9.92. The van der Waals surface area contributed by atoms with E-state index in [1.165, 1.54) is 14.2 Å². The Balaban J connectivity index is 3.40. The van der Waals surface area contributed by atoms with Gasteiger partial charge in [-0.1, -0.05) is 6.58 Å². The van der Waals surface area contributed by atoms with Crippen molar-refractivity contribution in [1.82, 2.24) is 0 Å². The number of esters is 1. The molecular formula is C8H14O4. The second kappa shape index (κ2) is 6.82. The van der Waals surface area contributed by atoms with E-state index in [9.17, 15) is 4.79 Å². The molecule has 0 fully saturated rings. The lowest BCUT2D eigenvalue weighted by Gasteiger charge is -2.12. The van der Waals surface area contributed by atoms with E-state index in [1.807, 2.05) is 0 Å². The van der Waals surface area contributed by atoms with Gasteiger partial charge in [0.25, 0.3) is 0 Å². The molecule has 0 aliphatic heterocycles. The predicted octanol–water partition coefficient (Wildman–Crippen LogP) is 0.725. The molecule has 0 rings (SSSR count). The van der Waals surface area contributed by atoms with Gasteiger partial charge in [0.05, 0.1) is 6.61 Å². The van der Waals surface area contributed by atoms with E-state index in [-0.39, 0.29) is 12.9 Å². The van der Waals surface area contributed by atoms with Gasteiger partial charge in [-0.05, 0) is 0 Å². The number of rotatable bonds is 6. The average Bonchev–Trinajstić information content (AvgIpc) is 2.12. The molecule has 4 heteroatoms. The second-order valence-electron chi connectivity index (χ2n) is 2.06. The van der Waals surface area contributed by atoms with Crippen LogP contribution >= 0.6 is 0 Å². The molecule has 0 unspecified atom stereocenters. The Hall–Kier alpha value is -0.870. The molecule has 0 atom stereocenters. The van der Waals surface area contributed by atoms with Crippen LogP contribution in [-0.2, 0) is 19.0 Å². The maximum absolute atomic E-state index is 10.5. The van der Waals surface area contributed by atoms with Crippen LogP contribution in [0.2, 0.25) is 0 Å². The van der Waals surface area contributed by atoms with Gasteiger partial charge in [-0.3, -0.25) is 0 Å². The van der Waals surface area contributed by atoms with Gasteiger partial charge in [-0.25, -0.2) is 4.79 Å². The summed E-state index contributed by atoms with van der Waals surface area (Å²) in [7, 11) is 3.06. The zero-order valence-corrected chi connectivity index (χ0v) is 7.41. The first kappa shape index (κ1) is 11.1. The number of ether oxygens (including phenoxy) is 3. The van der Waals surface area contributed by atoms with Crippen molar-refractivity contribution in [1.29, 1.82) is 0 Å². The fraction of sp³-hybridized carbons (Fsp3) is 0.625. The minimum absolute atomic E-state index is 0.275. The summed E-state index contributed by atoms with van der Waals surface area (Å²) in [5.74, 6) is -0.430. The van der Waals surface area contributed by atoms with Gasteiger partial charge in [0.15, 0.2) is 6.29 Å². The number of carbonyl (C=O) groups excluding carboxylic acids is 1. The summed E-state index contributed by atoms with van der Waals surface area (Å²) >= 11 is 0. The van der Waals surface area contributed by atoms with Crippen molar-refractivity contribution in [3.05, 3.63) is 12.7 Å². The molecule has 0 saturated carbocycles. The lowest BCUT2D eigenvalue weighted by Crippen LogP contribution is -2.16. The van der Waals surface area contributed by atoms with Crippen molar-refractivity contribution in [2.75, 3.05) is 20.8 Å². The maximum Gasteiger partial charge on any atom is 0.330 e. The predicted molar refractivity (Wildman–Crippen MR) is 43.6 cm³/mol.